The lowest BCUT2D eigenvalue weighted by molar-refractivity contribution is 0.0990. The third kappa shape index (κ3) is 3.35. The molecule has 0 aliphatic carbocycles. The van der Waals surface area contributed by atoms with E-state index in [1.807, 2.05) is 18.5 Å². The van der Waals surface area contributed by atoms with Crippen molar-refractivity contribution in [2.45, 2.75) is 33.2 Å². The van der Waals surface area contributed by atoms with Crippen LogP contribution in [0.4, 0.5) is 4.39 Å². The number of Topliss-reactive ketones (excluding diaryl/α,β-unsaturated/α-hetero) is 1. The fourth-order valence-electron chi connectivity index (χ4n) is 2.11. The van der Waals surface area contributed by atoms with E-state index in [1.54, 1.807) is 0 Å². The van der Waals surface area contributed by atoms with Crippen molar-refractivity contribution < 1.29 is 9.18 Å². The highest BCUT2D eigenvalue weighted by atomic mass is 79.9. The van der Waals surface area contributed by atoms with Gasteiger partial charge in [0.25, 0.3) is 0 Å². The zero-order chi connectivity index (χ0) is 15.6. The first kappa shape index (κ1) is 16.2. The maximum atomic E-state index is 13.2. The Morgan fingerprint density at radius 3 is 2.71 bits per heavy atom. The minimum Gasteiger partial charge on any atom is -0.294 e. The fraction of sp³-hybridized carbons (Fsp3) is 0.333. The van der Waals surface area contributed by atoms with Gasteiger partial charge in [-0.2, -0.15) is 5.10 Å². The monoisotopic (exact) mass is 372 g/mol. The van der Waals surface area contributed by atoms with E-state index in [4.69, 9.17) is 11.6 Å². The minimum absolute atomic E-state index is 0.0434. The van der Waals surface area contributed by atoms with Crippen molar-refractivity contribution in [1.82, 2.24) is 9.78 Å². The van der Waals surface area contributed by atoms with E-state index in [0.717, 1.165) is 22.3 Å². The van der Waals surface area contributed by atoms with E-state index < -0.39 is 5.82 Å². The van der Waals surface area contributed by atoms with Crippen molar-refractivity contribution >= 4 is 33.3 Å². The molecule has 0 atom stereocenters. The smallest absolute Gasteiger partial charge is 0.168 e. The summed E-state index contributed by atoms with van der Waals surface area (Å²) < 4.78 is 15.8. The van der Waals surface area contributed by atoms with Gasteiger partial charge in [-0.05, 0) is 47.5 Å². The lowest BCUT2D eigenvalue weighted by Gasteiger charge is -2.06. The molecule has 3 nitrogen and oxygen atoms in total. The maximum Gasteiger partial charge on any atom is 0.168 e. The van der Waals surface area contributed by atoms with E-state index >= 15 is 0 Å². The molecular weight excluding hydrogens is 359 g/mol. The zero-order valence-corrected chi connectivity index (χ0v) is 14.1. The number of hydrogen-bond donors (Lipinski definition) is 0. The van der Waals surface area contributed by atoms with Crippen LogP contribution in [0, 0.1) is 5.82 Å². The molecule has 21 heavy (non-hydrogen) atoms. The Bertz CT molecular complexity index is 685. The van der Waals surface area contributed by atoms with Crippen molar-refractivity contribution in [2.75, 3.05) is 0 Å². The van der Waals surface area contributed by atoms with Crippen molar-refractivity contribution in [3.05, 3.63) is 50.5 Å². The normalized spacial score (nSPS) is 10.9. The highest BCUT2D eigenvalue weighted by molar-refractivity contribution is 9.10. The minimum atomic E-state index is -0.527. The Labute approximate surface area is 136 Å². The summed E-state index contributed by atoms with van der Waals surface area (Å²) in [5, 5.41) is 4.41. The Balaban J connectivity index is 2.31. The number of carbonyl (C=O) groups is 1. The molecule has 0 saturated carbocycles. The van der Waals surface area contributed by atoms with Gasteiger partial charge in [-0.1, -0.05) is 18.5 Å². The van der Waals surface area contributed by atoms with Crippen LogP contribution >= 0.6 is 27.5 Å². The molecule has 0 radical (unpaired) electrons. The standard InChI is InChI=1S/C15H15BrClFN2O/c1-3-12-15(16)13(20(4-2)19-12)8-14(21)9-5-6-11(18)10(17)7-9/h5-7H,3-4,8H2,1-2H3. The molecule has 0 unspecified atom stereocenters. The van der Waals surface area contributed by atoms with Crippen LogP contribution in [0.15, 0.2) is 22.7 Å². The molecule has 2 aromatic rings. The molecule has 0 spiro atoms. The largest absolute Gasteiger partial charge is 0.294 e. The summed E-state index contributed by atoms with van der Waals surface area (Å²) in [7, 11) is 0. The third-order valence-corrected chi connectivity index (χ3v) is 4.47. The summed E-state index contributed by atoms with van der Waals surface area (Å²) >= 11 is 9.23. The molecule has 1 heterocycles. The fourth-order valence-corrected chi connectivity index (χ4v) is 2.99. The van der Waals surface area contributed by atoms with Crippen LogP contribution in [-0.4, -0.2) is 15.6 Å². The number of ketones is 1. The number of aryl methyl sites for hydroxylation is 2. The van der Waals surface area contributed by atoms with Gasteiger partial charge < -0.3 is 0 Å². The average Bonchev–Trinajstić information content (AvgIpc) is 2.78. The van der Waals surface area contributed by atoms with Crippen LogP contribution in [0.25, 0.3) is 0 Å². The Morgan fingerprint density at radius 2 is 2.14 bits per heavy atom. The maximum absolute atomic E-state index is 13.2. The average molecular weight is 374 g/mol. The summed E-state index contributed by atoms with van der Waals surface area (Å²) in [6.45, 7) is 4.67. The Hall–Kier alpha value is -1.20. The summed E-state index contributed by atoms with van der Waals surface area (Å²) in [5.74, 6) is -0.642. The van der Waals surface area contributed by atoms with E-state index in [9.17, 15) is 9.18 Å². The first-order chi connectivity index (χ1) is 9.97. The van der Waals surface area contributed by atoms with Crippen LogP contribution in [0.1, 0.15) is 35.6 Å². The predicted molar refractivity (Wildman–Crippen MR) is 84.4 cm³/mol. The first-order valence-corrected chi connectivity index (χ1v) is 7.87. The molecule has 1 aromatic heterocycles. The molecule has 0 saturated heterocycles. The van der Waals surface area contributed by atoms with Crippen LogP contribution in [-0.2, 0) is 19.4 Å². The summed E-state index contributed by atoms with van der Waals surface area (Å²) in [6.07, 6.45) is 0.987. The van der Waals surface area contributed by atoms with Crippen LogP contribution in [0.2, 0.25) is 5.02 Å². The van der Waals surface area contributed by atoms with Crippen molar-refractivity contribution in [2.24, 2.45) is 0 Å². The molecule has 1 aromatic carbocycles. The molecule has 0 bridgehead atoms. The van der Waals surface area contributed by atoms with Crippen molar-refractivity contribution in [3.63, 3.8) is 0 Å². The molecule has 0 fully saturated rings. The quantitative estimate of drug-likeness (QED) is 0.726. The second-order valence-corrected chi connectivity index (χ2v) is 5.81. The molecular formula is C15H15BrClFN2O. The van der Waals surface area contributed by atoms with Gasteiger partial charge in [0.2, 0.25) is 0 Å². The number of benzene rings is 1. The highest BCUT2D eigenvalue weighted by Gasteiger charge is 2.18. The van der Waals surface area contributed by atoms with Gasteiger partial charge >= 0.3 is 0 Å². The molecule has 0 amide bonds. The molecule has 0 aliphatic rings. The van der Waals surface area contributed by atoms with Crippen LogP contribution in [0.3, 0.4) is 0 Å². The SMILES string of the molecule is CCc1nn(CC)c(CC(=O)c2ccc(F)c(Cl)c2)c1Br. The van der Waals surface area contributed by atoms with Gasteiger partial charge in [0.1, 0.15) is 5.82 Å². The number of aromatic nitrogens is 2. The number of halogens is 3. The van der Waals surface area contributed by atoms with E-state index in [2.05, 4.69) is 21.0 Å². The second kappa shape index (κ2) is 6.71. The van der Waals surface area contributed by atoms with E-state index in [1.165, 1.54) is 18.2 Å². The predicted octanol–water partition coefficient (Wildman–Crippen LogP) is 4.45. The number of hydrogen-bond acceptors (Lipinski definition) is 2. The highest BCUT2D eigenvalue weighted by Crippen LogP contribution is 2.24. The van der Waals surface area contributed by atoms with Gasteiger partial charge in [-0.15, -0.1) is 0 Å². The van der Waals surface area contributed by atoms with Crippen LogP contribution in [0.5, 0.6) is 0 Å². The molecule has 2 rings (SSSR count). The number of carbonyl (C=O) groups excluding carboxylic acids is 1. The summed E-state index contributed by atoms with van der Waals surface area (Å²) in [4.78, 5) is 12.4. The Morgan fingerprint density at radius 1 is 1.43 bits per heavy atom. The lowest BCUT2D eigenvalue weighted by Crippen LogP contribution is -2.10. The topological polar surface area (TPSA) is 34.9 Å². The molecule has 0 N–H and O–H groups in total. The van der Waals surface area contributed by atoms with Gasteiger partial charge in [0.15, 0.2) is 5.78 Å². The second-order valence-electron chi connectivity index (χ2n) is 4.61. The lowest BCUT2D eigenvalue weighted by atomic mass is 10.1. The Kier molecular flexibility index (Phi) is 5.17. The van der Waals surface area contributed by atoms with Gasteiger partial charge in [0, 0.05) is 12.1 Å². The van der Waals surface area contributed by atoms with Gasteiger partial charge in [0.05, 0.1) is 27.3 Å². The summed E-state index contributed by atoms with van der Waals surface area (Å²) in [5.41, 5.74) is 2.16. The van der Waals surface area contributed by atoms with Crippen LogP contribution < -0.4 is 0 Å². The molecule has 0 aliphatic heterocycles. The van der Waals surface area contributed by atoms with Gasteiger partial charge in [-0.3, -0.25) is 9.48 Å². The van der Waals surface area contributed by atoms with E-state index in [-0.39, 0.29) is 17.2 Å². The first-order valence-electron chi connectivity index (χ1n) is 6.70. The van der Waals surface area contributed by atoms with Crippen molar-refractivity contribution in [3.8, 4) is 0 Å². The number of rotatable bonds is 5. The van der Waals surface area contributed by atoms with Gasteiger partial charge in [-0.25, -0.2) is 4.39 Å². The molecule has 112 valence electrons. The summed E-state index contributed by atoms with van der Waals surface area (Å²) in [6, 6.07) is 4.02. The zero-order valence-electron chi connectivity index (χ0n) is 11.8. The molecule has 6 heteroatoms. The van der Waals surface area contributed by atoms with Crippen molar-refractivity contribution in [1.29, 1.82) is 0 Å². The number of nitrogens with zero attached hydrogens (tertiary/aromatic N) is 2. The van der Waals surface area contributed by atoms with E-state index in [0.29, 0.717) is 12.1 Å². The third-order valence-electron chi connectivity index (χ3n) is 3.26.